The number of nitrogens with zero attached hydrogens (tertiary/aromatic N) is 1. The number of ether oxygens (including phenoxy) is 1. The summed E-state index contributed by atoms with van der Waals surface area (Å²) in [5.41, 5.74) is 3.57. The van der Waals surface area contributed by atoms with Gasteiger partial charge in [-0.05, 0) is 61.9 Å². The van der Waals surface area contributed by atoms with Crippen molar-refractivity contribution in [1.29, 1.82) is 0 Å². The van der Waals surface area contributed by atoms with Crippen molar-refractivity contribution in [1.82, 2.24) is 4.90 Å². The Balaban J connectivity index is 1.19. The van der Waals surface area contributed by atoms with Gasteiger partial charge in [-0.25, -0.2) is 0 Å². The lowest BCUT2D eigenvalue weighted by molar-refractivity contribution is -0.116. The lowest BCUT2D eigenvalue weighted by Gasteiger charge is -2.33. The molecule has 0 radical (unpaired) electrons. The van der Waals surface area contributed by atoms with E-state index in [0.717, 1.165) is 30.3 Å². The molecular weight excluding hydrogens is 360 g/mol. The third-order valence-electron chi connectivity index (χ3n) is 6.16. The van der Waals surface area contributed by atoms with Gasteiger partial charge in [-0.1, -0.05) is 43.3 Å². The number of carbonyl (C=O) groups excluding carboxylic acids is 1. The molecule has 1 atom stereocenters. The molecule has 2 aliphatic rings. The molecule has 29 heavy (non-hydrogen) atoms. The highest BCUT2D eigenvalue weighted by atomic mass is 16.5. The third kappa shape index (κ3) is 5.60. The molecule has 1 fully saturated rings. The van der Waals surface area contributed by atoms with E-state index in [9.17, 15) is 4.79 Å². The summed E-state index contributed by atoms with van der Waals surface area (Å²) in [5.74, 6) is 2.23. The molecule has 4 rings (SSSR count). The Kier molecular flexibility index (Phi) is 6.50. The van der Waals surface area contributed by atoms with Crippen LogP contribution in [0.15, 0.2) is 48.5 Å². The van der Waals surface area contributed by atoms with Crippen LogP contribution in [-0.4, -0.2) is 37.0 Å². The van der Waals surface area contributed by atoms with Crippen LogP contribution in [0.3, 0.4) is 0 Å². The molecule has 0 aromatic heterocycles. The lowest BCUT2D eigenvalue weighted by Crippen LogP contribution is -2.38. The van der Waals surface area contributed by atoms with Gasteiger partial charge in [-0.2, -0.15) is 0 Å². The van der Waals surface area contributed by atoms with Crippen molar-refractivity contribution in [2.45, 2.75) is 39.0 Å². The number of hydrogen-bond donors (Lipinski definition) is 1. The molecular formula is C25H32N2O2. The van der Waals surface area contributed by atoms with Crippen LogP contribution in [0.4, 0.5) is 5.69 Å². The molecule has 1 N–H and O–H groups in total. The summed E-state index contributed by atoms with van der Waals surface area (Å²) in [6, 6.07) is 16.9. The number of piperidine rings is 1. The quantitative estimate of drug-likeness (QED) is 0.752. The van der Waals surface area contributed by atoms with Crippen LogP contribution in [0.5, 0.6) is 5.75 Å². The van der Waals surface area contributed by atoms with Gasteiger partial charge in [-0.15, -0.1) is 0 Å². The topological polar surface area (TPSA) is 41.6 Å². The lowest BCUT2D eigenvalue weighted by atomic mass is 9.90. The summed E-state index contributed by atoms with van der Waals surface area (Å²) in [6.45, 7) is 6.42. The zero-order chi connectivity index (χ0) is 20.1. The van der Waals surface area contributed by atoms with E-state index in [2.05, 4.69) is 53.5 Å². The molecule has 2 heterocycles. The van der Waals surface area contributed by atoms with Crippen molar-refractivity contribution in [3.05, 3.63) is 59.7 Å². The van der Waals surface area contributed by atoms with Crippen LogP contribution in [0.25, 0.3) is 0 Å². The van der Waals surface area contributed by atoms with E-state index in [-0.39, 0.29) is 5.91 Å². The van der Waals surface area contributed by atoms with Crippen LogP contribution in [0.2, 0.25) is 0 Å². The monoisotopic (exact) mass is 392 g/mol. The van der Waals surface area contributed by atoms with Gasteiger partial charge in [0.2, 0.25) is 5.91 Å². The van der Waals surface area contributed by atoms with Crippen LogP contribution < -0.4 is 10.1 Å². The Bertz CT molecular complexity index is 813. The first-order valence-corrected chi connectivity index (χ1v) is 11.0. The van der Waals surface area contributed by atoms with Crippen molar-refractivity contribution in [3.63, 3.8) is 0 Å². The number of hydrogen-bond acceptors (Lipinski definition) is 3. The van der Waals surface area contributed by atoms with Gasteiger partial charge < -0.3 is 15.0 Å². The minimum Gasteiger partial charge on any atom is -0.493 e. The maximum atomic E-state index is 11.6. The van der Waals surface area contributed by atoms with Gasteiger partial charge in [0.05, 0.1) is 6.61 Å². The zero-order valence-electron chi connectivity index (χ0n) is 17.4. The fraction of sp³-hybridized carbons (Fsp3) is 0.480. The SMILES string of the molecule is CC(COc1ccc2c(c1)NC(=O)CC2)CN1CCC(Cc2ccccc2)CC1. The predicted octanol–water partition coefficient (Wildman–Crippen LogP) is 4.54. The van der Waals surface area contributed by atoms with Crippen LogP contribution in [0, 0.1) is 11.8 Å². The average Bonchev–Trinajstić information content (AvgIpc) is 2.74. The van der Waals surface area contributed by atoms with Gasteiger partial charge in [-0.3, -0.25) is 4.79 Å². The first kappa shape index (κ1) is 20.0. The highest BCUT2D eigenvalue weighted by Crippen LogP contribution is 2.27. The van der Waals surface area contributed by atoms with E-state index in [1.54, 1.807) is 0 Å². The molecule has 0 spiro atoms. The van der Waals surface area contributed by atoms with E-state index >= 15 is 0 Å². The Labute approximate surface area is 174 Å². The maximum Gasteiger partial charge on any atom is 0.224 e. The molecule has 0 saturated carbocycles. The smallest absolute Gasteiger partial charge is 0.224 e. The number of rotatable bonds is 7. The fourth-order valence-corrected chi connectivity index (χ4v) is 4.49. The number of likely N-dealkylation sites (tertiary alicyclic amines) is 1. The molecule has 4 nitrogen and oxygen atoms in total. The Hall–Kier alpha value is -2.33. The largest absolute Gasteiger partial charge is 0.493 e. The number of nitrogens with one attached hydrogen (secondary N) is 1. The Morgan fingerprint density at radius 3 is 2.69 bits per heavy atom. The number of aryl methyl sites for hydroxylation is 1. The van der Waals surface area contributed by atoms with Crippen LogP contribution in [-0.2, 0) is 17.6 Å². The first-order chi connectivity index (χ1) is 14.2. The minimum atomic E-state index is 0.0960. The molecule has 1 saturated heterocycles. The van der Waals surface area contributed by atoms with Gasteiger partial charge in [0.15, 0.2) is 0 Å². The molecule has 2 aromatic rings. The molecule has 1 amide bonds. The van der Waals surface area contributed by atoms with E-state index < -0.39 is 0 Å². The van der Waals surface area contributed by atoms with E-state index in [1.807, 2.05) is 12.1 Å². The van der Waals surface area contributed by atoms with E-state index in [4.69, 9.17) is 4.74 Å². The summed E-state index contributed by atoms with van der Waals surface area (Å²) >= 11 is 0. The summed E-state index contributed by atoms with van der Waals surface area (Å²) in [6.07, 6.45) is 5.17. The molecule has 2 aliphatic heterocycles. The number of fused-ring (bicyclic) bond motifs is 1. The third-order valence-corrected chi connectivity index (χ3v) is 6.16. The van der Waals surface area contributed by atoms with Crippen molar-refractivity contribution < 1.29 is 9.53 Å². The van der Waals surface area contributed by atoms with Gasteiger partial charge in [0.25, 0.3) is 0 Å². The van der Waals surface area contributed by atoms with Crippen LogP contribution in [0.1, 0.15) is 37.3 Å². The fourth-order valence-electron chi connectivity index (χ4n) is 4.49. The second kappa shape index (κ2) is 9.45. The molecule has 0 aliphatic carbocycles. The predicted molar refractivity (Wildman–Crippen MR) is 117 cm³/mol. The Morgan fingerprint density at radius 1 is 1.10 bits per heavy atom. The normalized spacial score (nSPS) is 18.7. The van der Waals surface area contributed by atoms with Crippen molar-refractivity contribution >= 4 is 11.6 Å². The zero-order valence-corrected chi connectivity index (χ0v) is 17.4. The standard InChI is InChI=1S/C25H32N2O2/c1-19(18-29-23-9-7-22-8-10-25(28)26-24(22)16-23)17-27-13-11-21(12-14-27)15-20-5-3-2-4-6-20/h2-7,9,16,19,21H,8,10-15,17-18H2,1H3,(H,26,28). The second-order valence-electron chi connectivity index (χ2n) is 8.72. The van der Waals surface area contributed by atoms with Crippen molar-refractivity contribution in [3.8, 4) is 5.75 Å². The highest BCUT2D eigenvalue weighted by molar-refractivity contribution is 5.94. The molecule has 154 valence electrons. The van der Waals surface area contributed by atoms with Gasteiger partial charge in [0.1, 0.15) is 5.75 Å². The molecule has 2 aromatic carbocycles. The molecule has 1 unspecified atom stereocenters. The van der Waals surface area contributed by atoms with Crippen molar-refractivity contribution in [2.24, 2.45) is 11.8 Å². The van der Waals surface area contributed by atoms with Crippen molar-refractivity contribution in [2.75, 3.05) is 31.6 Å². The van der Waals surface area contributed by atoms with E-state index in [1.165, 1.54) is 43.5 Å². The molecule has 0 bridgehead atoms. The second-order valence-corrected chi connectivity index (χ2v) is 8.72. The summed E-state index contributed by atoms with van der Waals surface area (Å²) in [4.78, 5) is 14.2. The summed E-state index contributed by atoms with van der Waals surface area (Å²) in [7, 11) is 0. The maximum absolute atomic E-state index is 11.6. The first-order valence-electron chi connectivity index (χ1n) is 11.0. The highest BCUT2D eigenvalue weighted by Gasteiger charge is 2.21. The number of benzene rings is 2. The summed E-state index contributed by atoms with van der Waals surface area (Å²) in [5, 5.41) is 2.95. The van der Waals surface area contributed by atoms with Gasteiger partial charge >= 0.3 is 0 Å². The number of anilines is 1. The minimum absolute atomic E-state index is 0.0960. The van der Waals surface area contributed by atoms with E-state index in [0.29, 0.717) is 18.9 Å². The van der Waals surface area contributed by atoms with Crippen LogP contribution >= 0.6 is 0 Å². The summed E-state index contributed by atoms with van der Waals surface area (Å²) < 4.78 is 6.03. The van der Waals surface area contributed by atoms with Gasteiger partial charge in [0, 0.05) is 30.6 Å². The molecule has 4 heteroatoms. The number of carbonyl (C=O) groups is 1. The number of amides is 1. The average molecular weight is 393 g/mol. The Morgan fingerprint density at radius 2 is 1.90 bits per heavy atom.